The number of carbonyl (C=O) groups excluding carboxylic acids is 1. The van der Waals surface area contributed by atoms with Crippen molar-refractivity contribution in [1.29, 1.82) is 0 Å². The molecular formula is C20H26FN3O2. The smallest absolute Gasteiger partial charge is 0.319 e. The number of rotatable bonds is 8. The van der Waals surface area contributed by atoms with E-state index in [4.69, 9.17) is 4.74 Å². The number of carbonyl (C=O) groups is 1. The van der Waals surface area contributed by atoms with Crippen molar-refractivity contribution >= 4 is 17.4 Å². The molecule has 2 aromatic carbocycles. The van der Waals surface area contributed by atoms with Crippen molar-refractivity contribution in [2.75, 3.05) is 36.5 Å². The van der Waals surface area contributed by atoms with Crippen molar-refractivity contribution in [3.8, 4) is 5.75 Å². The molecule has 140 valence electrons. The number of hydrogen-bond donors (Lipinski definition) is 2. The first kappa shape index (κ1) is 19.6. The molecule has 2 aromatic rings. The van der Waals surface area contributed by atoms with Crippen molar-refractivity contribution in [2.24, 2.45) is 0 Å². The van der Waals surface area contributed by atoms with E-state index in [2.05, 4.69) is 35.4 Å². The number of hydrogen-bond acceptors (Lipinski definition) is 3. The maximum Gasteiger partial charge on any atom is 0.319 e. The fourth-order valence-corrected chi connectivity index (χ4v) is 2.63. The minimum absolute atomic E-state index is 0.261. The maximum atomic E-state index is 13.0. The molecule has 0 atom stereocenters. The van der Waals surface area contributed by atoms with Crippen LogP contribution in [0.3, 0.4) is 0 Å². The van der Waals surface area contributed by atoms with Gasteiger partial charge in [0.2, 0.25) is 0 Å². The van der Waals surface area contributed by atoms with Gasteiger partial charge >= 0.3 is 6.03 Å². The van der Waals surface area contributed by atoms with Gasteiger partial charge in [-0.1, -0.05) is 6.07 Å². The number of urea groups is 1. The third-order valence-electron chi connectivity index (χ3n) is 4.04. The third-order valence-corrected chi connectivity index (χ3v) is 4.04. The summed E-state index contributed by atoms with van der Waals surface area (Å²) in [6.45, 7) is 8.66. The third kappa shape index (κ3) is 5.65. The number of nitrogens with one attached hydrogen (secondary N) is 2. The Morgan fingerprint density at radius 1 is 1.15 bits per heavy atom. The fraction of sp³-hybridized carbons (Fsp3) is 0.350. The second-order valence-corrected chi connectivity index (χ2v) is 5.86. The molecule has 6 heteroatoms. The predicted molar refractivity (Wildman–Crippen MR) is 104 cm³/mol. The van der Waals surface area contributed by atoms with Gasteiger partial charge in [-0.05, 0) is 56.7 Å². The highest BCUT2D eigenvalue weighted by Crippen LogP contribution is 2.22. The minimum Gasteiger partial charge on any atom is -0.492 e. The molecule has 0 saturated heterocycles. The van der Waals surface area contributed by atoms with E-state index in [1.54, 1.807) is 12.1 Å². The lowest BCUT2D eigenvalue weighted by Crippen LogP contribution is -2.32. The molecule has 0 bridgehead atoms. The maximum absolute atomic E-state index is 13.0. The molecule has 0 aliphatic rings. The zero-order valence-electron chi connectivity index (χ0n) is 15.5. The number of ether oxygens (including phenoxy) is 1. The molecule has 0 radical (unpaired) electrons. The average Bonchev–Trinajstić information content (AvgIpc) is 2.62. The summed E-state index contributed by atoms with van der Waals surface area (Å²) in [5, 5.41) is 5.56. The number of benzene rings is 2. The summed E-state index contributed by atoms with van der Waals surface area (Å²) in [5.41, 5.74) is 2.91. The van der Waals surface area contributed by atoms with Crippen LogP contribution in [0.25, 0.3) is 0 Å². The lowest BCUT2D eigenvalue weighted by molar-refractivity contribution is 0.247. The fourth-order valence-electron chi connectivity index (χ4n) is 2.63. The van der Waals surface area contributed by atoms with Crippen LogP contribution in [0.4, 0.5) is 20.6 Å². The van der Waals surface area contributed by atoms with Gasteiger partial charge in [-0.3, -0.25) is 0 Å². The molecule has 0 aromatic heterocycles. The quantitative estimate of drug-likeness (QED) is 0.695. The van der Waals surface area contributed by atoms with Crippen LogP contribution in [0, 0.1) is 12.7 Å². The molecule has 26 heavy (non-hydrogen) atoms. The molecule has 2 rings (SSSR count). The van der Waals surface area contributed by atoms with Crippen LogP contribution in [0.2, 0.25) is 0 Å². The van der Waals surface area contributed by atoms with Gasteiger partial charge < -0.3 is 20.3 Å². The van der Waals surface area contributed by atoms with Crippen molar-refractivity contribution < 1.29 is 13.9 Å². The molecular weight excluding hydrogens is 333 g/mol. The van der Waals surface area contributed by atoms with E-state index in [1.165, 1.54) is 12.1 Å². The monoisotopic (exact) mass is 359 g/mol. The summed E-state index contributed by atoms with van der Waals surface area (Å²) in [6.07, 6.45) is 0. The largest absolute Gasteiger partial charge is 0.492 e. The molecule has 0 saturated carbocycles. The van der Waals surface area contributed by atoms with Gasteiger partial charge in [0.05, 0.1) is 6.54 Å². The summed E-state index contributed by atoms with van der Waals surface area (Å²) in [7, 11) is 0. The topological polar surface area (TPSA) is 53.6 Å². The average molecular weight is 359 g/mol. The Labute approximate surface area is 154 Å². The van der Waals surface area contributed by atoms with Crippen LogP contribution in [0.5, 0.6) is 5.75 Å². The Balaban J connectivity index is 1.80. The molecule has 0 aliphatic heterocycles. The predicted octanol–water partition coefficient (Wildman–Crippen LogP) is 4.18. The molecule has 0 aliphatic carbocycles. The summed E-state index contributed by atoms with van der Waals surface area (Å²) in [4.78, 5) is 14.3. The summed E-state index contributed by atoms with van der Waals surface area (Å²) < 4.78 is 18.4. The van der Waals surface area contributed by atoms with Gasteiger partial charge in [0.1, 0.15) is 18.2 Å². The first-order valence-corrected chi connectivity index (χ1v) is 8.82. The number of aryl methyl sites for hydroxylation is 1. The van der Waals surface area contributed by atoms with Crippen molar-refractivity contribution in [1.82, 2.24) is 5.32 Å². The Morgan fingerprint density at radius 3 is 2.58 bits per heavy atom. The summed E-state index contributed by atoms with van der Waals surface area (Å²) in [5.74, 6) is 0.0897. The minimum atomic E-state index is -0.350. The van der Waals surface area contributed by atoms with Crippen molar-refractivity contribution in [2.45, 2.75) is 20.8 Å². The number of anilines is 2. The number of halogens is 1. The molecule has 0 fully saturated rings. The molecule has 2 N–H and O–H groups in total. The van der Waals surface area contributed by atoms with E-state index in [0.29, 0.717) is 12.3 Å². The van der Waals surface area contributed by atoms with E-state index in [-0.39, 0.29) is 18.5 Å². The van der Waals surface area contributed by atoms with Crippen molar-refractivity contribution in [3.63, 3.8) is 0 Å². The van der Waals surface area contributed by atoms with E-state index < -0.39 is 0 Å². The lowest BCUT2D eigenvalue weighted by Gasteiger charge is -2.22. The Morgan fingerprint density at radius 2 is 1.92 bits per heavy atom. The first-order chi connectivity index (χ1) is 12.5. The van der Waals surface area contributed by atoms with Gasteiger partial charge in [-0.2, -0.15) is 0 Å². The van der Waals surface area contributed by atoms with E-state index in [0.717, 1.165) is 30.0 Å². The molecule has 5 nitrogen and oxygen atoms in total. The van der Waals surface area contributed by atoms with Gasteiger partial charge in [0, 0.05) is 30.5 Å². The summed E-state index contributed by atoms with van der Waals surface area (Å²) in [6, 6.07) is 11.6. The standard InChI is InChI=1S/C20H26FN3O2/c1-4-24(5-2)17-9-10-19(15(3)13-17)23-20(25)22-11-12-26-18-8-6-7-16(21)14-18/h6-10,13-14H,4-5,11-12H2,1-3H3,(H2,22,23,25). The summed E-state index contributed by atoms with van der Waals surface area (Å²) >= 11 is 0. The van der Waals surface area contributed by atoms with Gasteiger partial charge in [-0.15, -0.1) is 0 Å². The van der Waals surface area contributed by atoms with Crippen LogP contribution < -0.4 is 20.3 Å². The lowest BCUT2D eigenvalue weighted by atomic mass is 10.1. The first-order valence-electron chi connectivity index (χ1n) is 8.82. The van der Waals surface area contributed by atoms with Crippen LogP contribution in [0.1, 0.15) is 19.4 Å². The van der Waals surface area contributed by atoms with E-state index in [1.807, 2.05) is 19.1 Å². The number of nitrogens with zero attached hydrogens (tertiary/aromatic N) is 1. The second kappa shape index (κ2) is 9.65. The SMILES string of the molecule is CCN(CC)c1ccc(NC(=O)NCCOc2cccc(F)c2)c(C)c1. The molecule has 0 spiro atoms. The van der Waals surface area contributed by atoms with Crippen LogP contribution in [-0.2, 0) is 0 Å². The van der Waals surface area contributed by atoms with E-state index in [9.17, 15) is 9.18 Å². The number of amides is 2. The molecule has 2 amide bonds. The Bertz CT molecular complexity index is 733. The normalized spacial score (nSPS) is 10.3. The van der Waals surface area contributed by atoms with Gasteiger partial charge in [-0.25, -0.2) is 9.18 Å². The molecule has 0 unspecified atom stereocenters. The van der Waals surface area contributed by atoms with Crippen LogP contribution in [-0.4, -0.2) is 32.3 Å². The van der Waals surface area contributed by atoms with Crippen molar-refractivity contribution in [3.05, 3.63) is 53.8 Å². The zero-order chi connectivity index (χ0) is 18.9. The van der Waals surface area contributed by atoms with Crippen LogP contribution in [0.15, 0.2) is 42.5 Å². The highest BCUT2D eigenvalue weighted by atomic mass is 19.1. The highest BCUT2D eigenvalue weighted by Gasteiger charge is 2.07. The van der Waals surface area contributed by atoms with Crippen LogP contribution >= 0.6 is 0 Å². The van der Waals surface area contributed by atoms with Gasteiger partial charge in [0.25, 0.3) is 0 Å². The zero-order valence-corrected chi connectivity index (χ0v) is 15.5. The molecule has 0 heterocycles. The van der Waals surface area contributed by atoms with E-state index >= 15 is 0 Å². The Hall–Kier alpha value is -2.76. The highest BCUT2D eigenvalue weighted by molar-refractivity contribution is 5.90. The van der Waals surface area contributed by atoms with Gasteiger partial charge in [0.15, 0.2) is 0 Å². The Kier molecular flexibility index (Phi) is 7.26. The second-order valence-electron chi connectivity index (χ2n) is 5.86.